The molecular formula is C11H10BrClN2OS. The van der Waals surface area contributed by atoms with E-state index in [1.165, 1.54) is 11.3 Å². The molecule has 0 aromatic carbocycles. The molecule has 0 spiro atoms. The van der Waals surface area contributed by atoms with Gasteiger partial charge in [-0.3, -0.25) is 4.79 Å². The highest BCUT2D eigenvalue weighted by atomic mass is 79.9. The van der Waals surface area contributed by atoms with E-state index < -0.39 is 0 Å². The van der Waals surface area contributed by atoms with Gasteiger partial charge in [-0.05, 0) is 28.1 Å². The topological polar surface area (TPSA) is 34.0 Å². The molecule has 0 aliphatic heterocycles. The maximum Gasteiger partial charge on any atom is 0.250 e. The van der Waals surface area contributed by atoms with Crippen molar-refractivity contribution < 1.29 is 0 Å². The third-order valence-corrected chi connectivity index (χ3v) is 4.72. The Kier molecular flexibility index (Phi) is 3.91. The lowest BCUT2D eigenvalue weighted by molar-refractivity contribution is 0.859. The number of nitrogens with one attached hydrogen (secondary N) is 1. The highest BCUT2D eigenvalue weighted by Gasteiger charge is 2.04. The lowest BCUT2D eigenvalue weighted by Gasteiger charge is -2.05. The minimum Gasteiger partial charge on any atom is -0.379 e. The van der Waals surface area contributed by atoms with Crippen LogP contribution < -0.4 is 10.9 Å². The van der Waals surface area contributed by atoms with Crippen molar-refractivity contribution in [3.8, 4) is 0 Å². The second kappa shape index (κ2) is 5.25. The Morgan fingerprint density at radius 1 is 1.53 bits per heavy atom. The van der Waals surface area contributed by atoms with Crippen molar-refractivity contribution in [3.63, 3.8) is 0 Å². The molecule has 17 heavy (non-hydrogen) atoms. The van der Waals surface area contributed by atoms with Crippen molar-refractivity contribution >= 4 is 44.6 Å². The summed E-state index contributed by atoms with van der Waals surface area (Å²) < 4.78 is 3.21. The van der Waals surface area contributed by atoms with E-state index in [4.69, 9.17) is 11.6 Å². The van der Waals surface area contributed by atoms with Crippen LogP contribution in [-0.4, -0.2) is 4.57 Å². The zero-order valence-corrected chi connectivity index (χ0v) is 12.2. The van der Waals surface area contributed by atoms with Gasteiger partial charge in [-0.15, -0.1) is 11.3 Å². The van der Waals surface area contributed by atoms with Gasteiger partial charge >= 0.3 is 0 Å². The molecule has 90 valence electrons. The van der Waals surface area contributed by atoms with Crippen LogP contribution in [0.1, 0.15) is 4.88 Å². The number of hydrogen-bond donors (Lipinski definition) is 1. The van der Waals surface area contributed by atoms with Gasteiger partial charge in [0.2, 0.25) is 5.56 Å². The normalized spacial score (nSPS) is 10.5. The van der Waals surface area contributed by atoms with Gasteiger partial charge in [-0.2, -0.15) is 0 Å². The number of rotatable bonds is 3. The Morgan fingerprint density at radius 3 is 2.88 bits per heavy atom. The second-order valence-corrected chi connectivity index (χ2v) is 6.15. The van der Waals surface area contributed by atoms with Crippen molar-refractivity contribution in [3.05, 3.63) is 48.4 Å². The largest absolute Gasteiger partial charge is 0.379 e. The number of thiophene rings is 1. The van der Waals surface area contributed by atoms with E-state index in [9.17, 15) is 4.79 Å². The van der Waals surface area contributed by atoms with Crippen LogP contribution in [0.15, 0.2) is 33.7 Å². The van der Waals surface area contributed by atoms with Gasteiger partial charge < -0.3 is 9.88 Å². The monoisotopic (exact) mass is 332 g/mol. The number of hydrogen-bond acceptors (Lipinski definition) is 3. The van der Waals surface area contributed by atoms with Gasteiger partial charge in [0.1, 0.15) is 4.34 Å². The van der Waals surface area contributed by atoms with Crippen LogP contribution in [0.3, 0.4) is 0 Å². The Hall–Kier alpha value is -0.780. The lowest BCUT2D eigenvalue weighted by atomic mass is 10.4. The second-order valence-electron chi connectivity index (χ2n) is 3.55. The summed E-state index contributed by atoms with van der Waals surface area (Å²) >= 11 is 10.9. The van der Waals surface area contributed by atoms with Crippen molar-refractivity contribution in [2.45, 2.75) is 6.54 Å². The summed E-state index contributed by atoms with van der Waals surface area (Å²) in [4.78, 5) is 12.3. The molecule has 1 N–H and O–H groups in total. The zero-order chi connectivity index (χ0) is 12.4. The van der Waals surface area contributed by atoms with Crippen LogP contribution in [-0.2, 0) is 13.6 Å². The van der Waals surface area contributed by atoms with Gasteiger partial charge in [-0.1, -0.05) is 11.6 Å². The molecule has 0 unspecified atom stereocenters. The molecule has 2 heterocycles. The molecule has 2 aromatic rings. The molecule has 0 saturated carbocycles. The number of aryl methyl sites for hydroxylation is 1. The van der Waals surface area contributed by atoms with E-state index in [-0.39, 0.29) is 5.56 Å². The summed E-state index contributed by atoms with van der Waals surface area (Å²) in [5.74, 6) is 0. The molecule has 0 atom stereocenters. The average molecular weight is 334 g/mol. The first kappa shape index (κ1) is 12.7. The highest BCUT2D eigenvalue weighted by Crippen LogP contribution is 2.32. The van der Waals surface area contributed by atoms with Crippen LogP contribution in [0, 0.1) is 0 Å². The molecule has 2 rings (SSSR count). The molecular weight excluding hydrogens is 324 g/mol. The Bertz CT molecular complexity index is 574. The fourth-order valence-electron chi connectivity index (χ4n) is 1.37. The Morgan fingerprint density at radius 2 is 2.29 bits per heavy atom. The summed E-state index contributed by atoms with van der Waals surface area (Å²) in [6.45, 7) is 0.689. The van der Waals surface area contributed by atoms with Gasteiger partial charge in [0, 0.05) is 35.2 Å². The summed E-state index contributed by atoms with van der Waals surface area (Å²) in [6, 6.07) is 5.30. The van der Waals surface area contributed by atoms with Crippen molar-refractivity contribution in [1.82, 2.24) is 4.57 Å². The Labute approximate surface area is 116 Å². The molecule has 0 aliphatic rings. The minimum absolute atomic E-state index is 0.0162. The number of pyridine rings is 1. The molecule has 0 amide bonds. The SMILES string of the molecule is Cn1cc(NCc2cc(Br)c(Cl)s2)ccc1=O. The summed E-state index contributed by atoms with van der Waals surface area (Å²) in [6.07, 6.45) is 1.77. The molecule has 0 fully saturated rings. The van der Waals surface area contributed by atoms with Gasteiger partial charge in [0.15, 0.2) is 0 Å². The highest BCUT2D eigenvalue weighted by molar-refractivity contribution is 9.10. The molecule has 0 radical (unpaired) electrons. The first-order valence-corrected chi connectivity index (χ1v) is 6.89. The fraction of sp³-hybridized carbons (Fsp3) is 0.182. The number of aromatic nitrogens is 1. The van der Waals surface area contributed by atoms with Gasteiger partial charge in [-0.25, -0.2) is 0 Å². The maximum atomic E-state index is 11.2. The predicted octanol–water partition coefficient (Wildman–Crippen LogP) is 3.47. The van der Waals surface area contributed by atoms with Gasteiger partial charge in [0.25, 0.3) is 0 Å². The van der Waals surface area contributed by atoms with Crippen molar-refractivity contribution in [2.24, 2.45) is 7.05 Å². The molecule has 0 aliphatic carbocycles. The third-order valence-electron chi connectivity index (χ3n) is 2.25. The molecule has 0 bridgehead atoms. The van der Waals surface area contributed by atoms with E-state index in [0.29, 0.717) is 6.54 Å². The molecule has 2 aromatic heterocycles. The smallest absolute Gasteiger partial charge is 0.250 e. The Balaban J connectivity index is 2.07. The first-order chi connectivity index (χ1) is 8.06. The van der Waals surface area contributed by atoms with E-state index in [1.807, 2.05) is 6.07 Å². The number of nitrogens with zero attached hydrogens (tertiary/aromatic N) is 1. The van der Waals surface area contributed by atoms with Crippen LogP contribution in [0.2, 0.25) is 4.34 Å². The number of halogens is 2. The van der Waals surface area contributed by atoms with E-state index in [0.717, 1.165) is 19.4 Å². The van der Waals surface area contributed by atoms with Crippen molar-refractivity contribution in [1.29, 1.82) is 0 Å². The quantitative estimate of drug-likeness (QED) is 0.933. The summed E-state index contributed by atoms with van der Waals surface area (Å²) in [7, 11) is 1.73. The third kappa shape index (κ3) is 3.12. The van der Waals surface area contributed by atoms with Crippen molar-refractivity contribution in [2.75, 3.05) is 5.32 Å². The average Bonchev–Trinajstić information content (AvgIpc) is 2.60. The van der Waals surface area contributed by atoms with E-state index >= 15 is 0 Å². The van der Waals surface area contributed by atoms with Crippen LogP contribution in [0.25, 0.3) is 0 Å². The fourth-order valence-corrected chi connectivity index (χ4v) is 3.10. The standard InChI is InChI=1S/C11H10BrClN2OS/c1-15-6-7(2-3-10(15)16)14-5-8-4-9(12)11(13)17-8/h2-4,6,14H,5H2,1H3. The van der Waals surface area contributed by atoms with E-state index in [2.05, 4.69) is 21.2 Å². The predicted molar refractivity (Wildman–Crippen MR) is 76.0 cm³/mol. The lowest BCUT2D eigenvalue weighted by Crippen LogP contribution is -2.15. The molecule has 6 heteroatoms. The first-order valence-electron chi connectivity index (χ1n) is 4.90. The minimum atomic E-state index is -0.0162. The number of anilines is 1. The van der Waals surface area contributed by atoms with Gasteiger partial charge in [0.05, 0.1) is 5.69 Å². The van der Waals surface area contributed by atoms with Crippen LogP contribution in [0.5, 0.6) is 0 Å². The van der Waals surface area contributed by atoms with Crippen LogP contribution in [0.4, 0.5) is 5.69 Å². The maximum absolute atomic E-state index is 11.2. The molecule has 3 nitrogen and oxygen atoms in total. The zero-order valence-electron chi connectivity index (χ0n) is 9.04. The molecule has 0 saturated heterocycles. The summed E-state index contributed by atoms with van der Waals surface area (Å²) in [5.41, 5.74) is 0.894. The summed E-state index contributed by atoms with van der Waals surface area (Å²) in [5, 5.41) is 3.24. The van der Waals surface area contributed by atoms with Crippen LogP contribution >= 0.6 is 38.9 Å². The van der Waals surface area contributed by atoms with E-state index in [1.54, 1.807) is 29.9 Å².